The van der Waals surface area contributed by atoms with E-state index < -0.39 is 5.97 Å². The van der Waals surface area contributed by atoms with Crippen molar-refractivity contribution in [1.29, 1.82) is 0 Å². The van der Waals surface area contributed by atoms with Gasteiger partial charge in [0.25, 0.3) is 0 Å². The second kappa shape index (κ2) is 7.53. The van der Waals surface area contributed by atoms with Gasteiger partial charge in [0.05, 0.1) is 13.2 Å². The molecule has 5 heteroatoms. The van der Waals surface area contributed by atoms with E-state index in [0.717, 1.165) is 48.7 Å². The lowest BCUT2D eigenvalue weighted by Gasteiger charge is -2.18. The highest BCUT2D eigenvalue weighted by Crippen LogP contribution is 2.27. The Bertz CT molecular complexity index is 684. The molecule has 3 rings (SSSR count). The molecule has 1 aliphatic heterocycles. The van der Waals surface area contributed by atoms with E-state index in [4.69, 9.17) is 9.47 Å². The summed E-state index contributed by atoms with van der Waals surface area (Å²) in [6.45, 7) is 1.55. The van der Waals surface area contributed by atoms with Crippen LogP contribution < -0.4 is 9.84 Å². The molecule has 1 aromatic carbocycles. The van der Waals surface area contributed by atoms with Gasteiger partial charge in [-0.15, -0.1) is 0 Å². The number of carbonyl (C=O) groups excluding carboxylic acids is 1. The van der Waals surface area contributed by atoms with Gasteiger partial charge in [0.15, 0.2) is 0 Å². The monoisotopic (exact) mass is 328 g/mol. The minimum atomic E-state index is -1.02. The van der Waals surface area contributed by atoms with Crippen LogP contribution in [0.2, 0.25) is 0 Å². The first-order valence-corrected chi connectivity index (χ1v) is 8.31. The van der Waals surface area contributed by atoms with E-state index in [1.54, 1.807) is 7.11 Å². The number of methoxy groups -OCH3 is 1. The summed E-state index contributed by atoms with van der Waals surface area (Å²) in [6, 6.07) is 11.9. The third-order valence-corrected chi connectivity index (χ3v) is 4.45. The fraction of sp³-hybridized carbons (Fsp3) is 0.421. The normalized spacial score (nSPS) is 17.1. The predicted octanol–water partition coefficient (Wildman–Crippen LogP) is 2.03. The summed E-state index contributed by atoms with van der Waals surface area (Å²) in [5.74, 6) is -0.209. The van der Waals surface area contributed by atoms with Crippen LogP contribution in [0.25, 0.3) is 11.3 Å². The Morgan fingerprint density at radius 3 is 2.71 bits per heavy atom. The Balaban J connectivity index is 1.89. The Hall–Kier alpha value is -2.27. The maximum atomic E-state index is 10.8. The van der Waals surface area contributed by atoms with Gasteiger partial charge in [0.1, 0.15) is 5.75 Å². The van der Waals surface area contributed by atoms with E-state index in [9.17, 15) is 9.90 Å². The summed E-state index contributed by atoms with van der Waals surface area (Å²) < 4.78 is 13.2. The van der Waals surface area contributed by atoms with Crippen LogP contribution in [0.5, 0.6) is 5.75 Å². The van der Waals surface area contributed by atoms with E-state index in [1.165, 1.54) is 0 Å². The number of carbonyl (C=O) groups is 1. The molecule has 0 saturated carbocycles. The maximum absolute atomic E-state index is 10.8. The SMILES string of the molecule is COc1ccc(-c2ccc(CCC(=O)[O-])n2C[C@H]2CCCO2)cc1. The van der Waals surface area contributed by atoms with E-state index in [0.29, 0.717) is 6.42 Å². The van der Waals surface area contributed by atoms with Gasteiger partial charge in [-0.3, -0.25) is 0 Å². The third-order valence-electron chi connectivity index (χ3n) is 4.45. The number of carboxylic acid groups (broad SMARTS) is 1. The zero-order valence-electron chi connectivity index (χ0n) is 13.9. The molecule has 0 aliphatic carbocycles. The second-order valence-electron chi connectivity index (χ2n) is 6.06. The van der Waals surface area contributed by atoms with Crippen molar-refractivity contribution in [2.45, 2.75) is 38.3 Å². The minimum absolute atomic E-state index is 0.0254. The smallest absolute Gasteiger partial charge is 0.118 e. The van der Waals surface area contributed by atoms with Crippen LogP contribution in [-0.2, 0) is 22.5 Å². The summed E-state index contributed by atoms with van der Waals surface area (Å²) >= 11 is 0. The molecule has 1 saturated heterocycles. The average Bonchev–Trinajstić information content (AvgIpc) is 3.23. The standard InChI is InChI=1S/C19H23NO4/c1-23-16-8-4-14(5-9-16)18-10-6-15(7-11-19(21)22)20(18)13-17-3-2-12-24-17/h4-6,8-10,17H,2-3,7,11-13H2,1H3,(H,21,22)/p-1/t17-/m1/s1. The first-order chi connectivity index (χ1) is 11.7. The van der Waals surface area contributed by atoms with Crippen LogP contribution in [0, 0.1) is 0 Å². The molecule has 2 aromatic rings. The van der Waals surface area contributed by atoms with Crippen LogP contribution in [0.1, 0.15) is 25.0 Å². The van der Waals surface area contributed by atoms with Gasteiger partial charge in [-0.25, -0.2) is 0 Å². The van der Waals surface area contributed by atoms with Gasteiger partial charge in [0.2, 0.25) is 0 Å². The van der Waals surface area contributed by atoms with Crippen molar-refractivity contribution in [3.8, 4) is 17.0 Å². The summed E-state index contributed by atoms with van der Waals surface area (Å²) in [6.07, 6.45) is 2.80. The molecule has 128 valence electrons. The Morgan fingerprint density at radius 1 is 1.29 bits per heavy atom. The molecule has 2 heterocycles. The molecule has 1 atom stereocenters. The average molecular weight is 328 g/mol. The van der Waals surface area contributed by atoms with Gasteiger partial charge >= 0.3 is 0 Å². The number of hydrogen-bond acceptors (Lipinski definition) is 4. The third kappa shape index (κ3) is 3.79. The van der Waals surface area contributed by atoms with E-state index in [2.05, 4.69) is 4.57 Å². The van der Waals surface area contributed by atoms with E-state index >= 15 is 0 Å². The first kappa shape index (κ1) is 16.6. The van der Waals surface area contributed by atoms with Gasteiger partial charge in [0, 0.05) is 30.5 Å². The number of aliphatic carboxylic acids is 1. The van der Waals surface area contributed by atoms with Crippen molar-refractivity contribution in [2.75, 3.05) is 13.7 Å². The predicted molar refractivity (Wildman–Crippen MR) is 88.7 cm³/mol. The van der Waals surface area contributed by atoms with Crippen molar-refractivity contribution in [3.05, 3.63) is 42.1 Å². The van der Waals surface area contributed by atoms with E-state index in [-0.39, 0.29) is 12.5 Å². The molecular weight excluding hydrogens is 306 g/mol. The van der Waals surface area contributed by atoms with Crippen molar-refractivity contribution in [1.82, 2.24) is 4.57 Å². The molecule has 0 N–H and O–H groups in total. The number of benzene rings is 1. The van der Waals surface area contributed by atoms with Gasteiger partial charge in [-0.05, 0) is 67.6 Å². The maximum Gasteiger partial charge on any atom is 0.118 e. The molecule has 0 radical (unpaired) electrons. The Kier molecular flexibility index (Phi) is 5.20. The highest BCUT2D eigenvalue weighted by Gasteiger charge is 2.19. The summed E-state index contributed by atoms with van der Waals surface area (Å²) in [5.41, 5.74) is 3.15. The highest BCUT2D eigenvalue weighted by molar-refractivity contribution is 5.65. The molecule has 1 aliphatic rings. The summed E-state index contributed by atoms with van der Waals surface area (Å²) in [5, 5.41) is 10.8. The molecule has 1 aromatic heterocycles. The van der Waals surface area contributed by atoms with Crippen LogP contribution in [0.3, 0.4) is 0 Å². The summed E-state index contributed by atoms with van der Waals surface area (Å²) in [7, 11) is 1.65. The highest BCUT2D eigenvalue weighted by atomic mass is 16.5. The fourth-order valence-electron chi connectivity index (χ4n) is 3.18. The van der Waals surface area contributed by atoms with Crippen LogP contribution in [-0.4, -0.2) is 30.4 Å². The largest absolute Gasteiger partial charge is 0.550 e. The van der Waals surface area contributed by atoms with Crippen molar-refractivity contribution in [3.63, 3.8) is 0 Å². The number of aromatic nitrogens is 1. The number of carboxylic acids is 1. The van der Waals surface area contributed by atoms with Gasteiger partial charge < -0.3 is 23.9 Å². The lowest BCUT2D eigenvalue weighted by molar-refractivity contribution is -0.305. The van der Waals surface area contributed by atoms with Gasteiger partial charge in [-0.2, -0.15) is 0 Å². The number of rotatable bonds is 7. The number of hydrogen-bond donors (Lipinski definition) is 0. The Labute approximate surface area is 141 Å². The second-order valence-corrected chi connectivity index (χ2v) is 6.06. The number of aryl methyl sites for hydroxylation is 1. The van der Waals surface area contributed by atoms with Gasteiger partial charge in [-0.1, -0.05) is 0 Å². The molecule has 1 fully saturated rings. The Morgan fingerprint density at radius 2 is 2.08 bits per heavy atom. The summed E-state index contributed by atoms with van der Waals surface area (Å²) in [4.78, 5) is 10.8. The lowest BCUT2D eigenvalue weighted by Crippen LogP contribution is -2.23. The van der Waals surface area contributed by atoms with E-state index in [1.807, 2.05) is 36.4 Å². The van der Waals surface area contributed by atoms with Crippen molar-refractivity contribution in [2.24, 2.45) is 0 Å². The van der Waals surface area contributed by atoms with Crippen LogP contribution in [0.15, 0.2) is 36.4 Å². The molecule has 0 unspecified atom stereocenters. The molecular formula is C19H22NO4-. The number of ether oxygens (including phenoxy) is 2. The molecule has 0 bridgehead atoms. The minimum Gasteiger partial charge on any atom is -0.550 e. The molecule has 24 heavy (non-hydrogen) atoms. The topological polar surface area (TPSA) is 63.5 Å². The lowest BCUT2D eigenvalue weighted by atomic mass is 10.1. The first-order valence-electron chi connectivity index (χ1n) is 8.31. The number of nitrogens with zero attached hydrogens (tertiary/aromatic N) is 1. The zero-order chi connectivity index (χ0) is 16.9. The molecule has 0 amide bonds. The van der Waals surface area contributed by atoms with Crippen LogP contribution >= 0.6 is 0 Å². The quantitative estimate of drug-likeness (QED) is 0.780. The van der Waals surface area contributed by atoms with Crippen molar-refractivity contribution < 1.29 is 19.4 Å². The van der Waals surface area contributed by atoms with Crippen LogP contribution in [0.4, 0.5) is 0 Å². The fourth-order valence-corrected chi connectivity index (χ4v) is 3.18. The molecule has 5 nitrogen and oxygen atoms in total. The molecule has 0 spiro atoms. The zero-order valence-corrected chi connectivity index (χ0v) is 13.9. The van der Waals surface area contributed by atoms with Crippen molar-refractivity contribution >= 4 is 5.97 Å².